The van der Waals surface area contributed by atoms with Crippen LogP contribution in [-0.2, 0) is 11.3 Å². The van der Waals surface area contributed by atoms with Crippen LogP contribution in [-0.4, -0.2) is 61.9 Å². The van der Waals surface area contributed by atoms with Crippen LogP contribution < -0.4 is 20.0 Å². The summed E-state index contributed by atoms with van der Waals surface area (Å²) in [4.78, 5) is 14.2. The van der Waals surface area contributed by atoms with Crippen LogP contribution in [0, 0.1) is 0 Å². The summed E-state index contributed by atoms with van der Waals surface area (Å²) in [7, 11) is 1.60. The Hall–Kier alpha value is -2.99. The van der Waals surface area contributed by atoms with Crippen LogP contribution in [0.3, 0.4) is 0 Å². The summed E-state index contributed by atoms with van der Waals surface area (Å²) in [5, 5.41) is 29.5. The topological polar surface area (TPSA) is 149 Å². The number of hydrogen-bond donors (Lipinski definition) is 4. The second-order valence-electron chi connectivity index (χ2n) is 6.63. The number of imidazole rings is 1. The Morgan fingerprint density at radius 2 is 1.97 bits per heavy atom. The molecule has 4 atom stereocenters. The first-order valence-corrected chi connectivity index (χ1v) is 8.94. The zero-order valence-electron chi connectivity index (χ0n) is 15.6. The largest absolute Gasteiger partial charge is 0.497 e. The molecule has 0 spiro atoms. The molecule has 4 rings (SSSR count). The Morgan fingerprint density at radius 1 is 1.21 bits per heavy atom. The highest BCUT2D eigenvalue weighted by atomic mass is 16.7. The maximum Gasteiger partial charge on any atom is 0.289 e. The van der Waals surface area contributed by atoms with E-state index in [1.165, 1.54) is 22.0 Å². The van der Waals surface area contributed by atoms with Crippen molar-refractivity contribution in [2.45, 2.75) is 31.1 Å². The van der Waals surface area contributed by atoms with Crippen LogP contribution in [0.2, 0.25) is 0 Å². The number of nitrogen functional groups attached to an aromatic ring is 1. The van der Waals surface area contributed by atoms with E-state index in [1.54, 1.807) is 7.11 Å². The average molecular weight is 404 g/mol. The number of nitrogens with two attached hydrogens (primary N) is 1. The summed E-state index contributed by atoms with van der Waals surface area (Å²) in [6.45, 7) is -0.169. The maximum atomic E-state index is 10.2. The van der Waals surface area contributed by atoms with Crippen LogP contribution in [0.1, 0.15) is 11.8 Å². The number of rotatable bonds is 6. The molecule has 154 valence electrons. The van der Waals surface area contributed by atoms with Crippen molar-refractivity contribution >= 4 is 17.0 Å². The van der Waals surface area contributed by atoms with E-state index in [9.17, 15) is 15.3 Å². The third-order valence-corrected chi connectivity index (χ3v) is 4.85. The Balaban J connectivity index is 1.55. The van der Waals surface area contributed by atoms with Gasteiger partial charge in [0, 0.05) is 0 Å². The molecule has 0 unspecified atom stereocenters. The molecule has 1 aromatic carbocycles. The van der Waals surface area contributed by atoms with Crippen molar-refractivity contribution < 1.29 is 34.4 Å². The number of fused-ring (bicyclic) bond motifs is 1. The molecule has 0 radical (unpaired) electrons. The SMILES string of the molecule is COc1ccc(CO[n+]2cnc3c(ncn3[C@@H]3O[C@H](CO)[C@@H](O)[C@H]3O)c2N)cc1. The molecule has 0 bridgehead atoms. The molecular formula is C18H22N5O6+. The minimum absolute atomic E-state index is 0.217. The smallest absolute Gasteiger partial charge is 0.289 e. The molecule has 1 aliphatic heterocycles. The number of anilines is 1. The predicted octanol–water partition coefficient (Wildman–Crippen LogP) is -1.45. The van der Waals surface area contributed by atoms with Crippen molar-refractivity contribution in [3.63, 3.8) is 0 Å². The first-order valence-electron chi connectivity index (χ1n) is 8.94. The lowest BCUT2D eigenvalue weighted by Crippen LogP contribution is -2.45. The van der Waals surface area contributed by atoms with E-state index in [1.807, 2.05) is 24.3 Å². The number of aliphatic hydroxyl groups excluding tert-OH is 3. The van der Waals surface area contributed by atoms with E-state index in [0.29, 0.717) is 11.2 Å². The third kappa shape index (κ3) is 3.44. The van der Waals surface area contributed by atoms with Gasteiger partial charge in [0.25, 0.3) is 12.1 Å². The predicted molar refractivity (Wildman–Crippen MR) is 98.4 cm³/mol. The van der Waals surface area contributed by atoms with Crippen molar-refractivity contribution in [3.8, 4) is 5.75 Å². The Kier molecular flexibility index (Phi) is 5.20. The molecule has 3 aromatic rings. The van der Waals surface area contributed by atoms with Crippen LogP contribution >= 0.6 is 0 Å². The summed E-state index contributed by atoms with van der Waals surface area (Å²) in [6.07, 6.45) is -1.52. The lowest BCUT2D eigenvalue weighted by molar-refractivity contribution is -0.885. The van der Waals surface area contributed by atoms with Crippen molar-refractivity contribution in [1.82, 2.24) is 14.5 Å². The van der Waals surface area contributed by atoms with E-state index < -0.39 is 31.1 Å². The van der Waals surface area contributed by atoms with Gasteiger partial charge in [-0.1, -0.05) is 21.8 Å². The van der Waals surface area contributed by atoms with Gasteiger partial charge in [-0.2, -0.15) is 0 Å². The minimum Gasteiger partial charge on any atom is -0.497 e. The normalized spacial score (nSPS) is 24.1. The molecule has 1 fully saturated rings. The maximum absolute atomic E-state index is 10.2. The van der Waals surface area contributed by atoms with Crippen LogP contribution in [0.5, 0.6) is 5.75 Å². The van der Waals surface area contributed by atoms with Gasteiger partial charge in [0.1, 0.15) is 30.4 Å². The lowest BCUT2D eigenvalue weighted by atomic mass is 10.1. The number of nitrogens with zero attached hydrogens (tertiary/aromatic N) is 4. The number of ether oxygens (including phenoxy) is 2. The second-order valence-corrected chi connectivity index (χ2v) is 6.63. The third-order valence-electron chi connectivity index (χ3n) is 4.85. The van der Waals surface area contributed by atoms with E-state index in [2.05, 4.69) is 9.97 Å². The molecule has 1 saturated heterocycles. The summed E-state index contributed by atoms with van der Waals surface area (Å²) >= 11 is 0. The van der Waals surface area contributed by atoms with Gasteiger partial charge in [0.2, 0.25) is 11.2 Å². The van der Waals surface area contributed by atoms with Gasteiger partial charge in [-0.15, -0.1) is 0 Å². The zero-order chi connectivity index (χ0) is 20.5. The standard InChI is InChI=1S/C18H21N5O6/c1-27-11-4-2-10(3-5-11)7-28-23-9-21-17-13(16(23)19)20-8-22(17)18-15(26)14(25)12(6-24)29-18/h2-5,8-9,12,14-15,18-19,24-26H,6-7H2,1H3/p+1/t12-,14-,15-,18-/m1/s1. The van der Waals surface area contributed by atoms with Gasteiger partial charge in [0.05, 0.1) is 13.7 Å². The van der Waals surface area contributed by atoms with Crippen molar-refractivity contribution in [3.05, 3.63) is 42.5 Å². The molecular weight excluding hydrogens is 382 g/mol. The molecule has 0 saturated carbocycles. The molecule has 0 aliphatic carbocycles. The summed E-state index contributed by atoms with van der Waals surface area (Å²) in [6, 6.07) is 7.41. The van der Waals surface area contributed by atoms with Crippen LogP contribution in [0.25, 0.3) is 11.2 Å². The fourth-order valence-corrected chi connectivity index (χ4v) is 3.20. The van der Waals surface area contributed by atoms with Gasteiger partial charge < -0.3 is 35.4 Å². The quantitative estimate of drug-likeness (QED) is 0.362. The van der Waals surface area contributed by atoms with Gasteiger partial charge in [-0.05, 0) is 17.7 Å². The Bertz CT molecular complexity index is 994. The van der Waals surface area contributed by atoms with E-state index in [0.717, 1.165) is 11.3 Å². The number of aromatic nitrogens is 4. The van der Waals surface area contributed by atoms with Crippen molar-refractivity contribution in [1.29, 1.82) is 0 Å². The molecule has 1 aliphatic rings. The highest BCUT2D eigenvalue weighted by molar-refractivity contribution is 5.79. The first-order chi connectivity index (χ1) is 14.0. The number of hydrogen-bond acceptors (Lipinski definition) is 9. The molecule has 11 heteroatoms. The molecule has 5 N–H and O–H groups in total. The van der Waals surface area contributed by atoms with Gasteiger partial charge in [0.15, 0.2) is 12.8 Å². The zero-order valence-corrected chi connectivity index (χ0v) is 15.6. The van der Waals surface area contributed by atoms with Crippen LogP contribution in [0.15, 0.2) is 36.9 Å². The van der Waals surface area contributed by atoms with Gasteiger partial charge in [-0.25, -0.2) is 4.98 Å². The molecule has 29 heavy (non-hydrogen) atoms. The molecule has 0 amide bonds. The van der Waals surface area contributed by atoms with E-state index in [-0.39, 0.29) is 12.4 Å². The lowest BCUT2D eigenvalue weighted by Gasteiger charge is -2.15. The fourth-order valence-electron chi connectivity index (χ4n) is 3.20. The average Bonchev–Trinajstić information content (AvgIpc) is 3.29. The fraction of sp³-hybridized carbons (Fsp3) is 0.389. The van der Waals surface area contributed by atoms with E-state index in [4.69, 9.17) is 20.0 Å². The second kappa shape index (κ2) is 7.79. The Labute approximate surface area is 165 Å². The van der Waals surface area contributed by atoms with Gasteiger partial charge >= 0.3 is 0 Å². The minimum atomic E-state index is -1.24. The Morgan fingerprint density at radius 3 is 2.62 bits per heavy atom. The van der Waals surface area contributed by atoms with Crippen LogP contribution in [0.4, 0.5) is 5.82 Å². The highest BCUT2D eigenvalue weighted by Crippen LogP contribution is 2.31. The monoisotopic (exact) mass is 404 g/mol. The van der Waals surface area contributed by atoms with E-state index >= 15 is 0 Å². The molecule has 3 heterocycles. The summed E-state index contributed by atoms with van der Waals surface area (Å²) in [5.74, 6) is 0.966. The summed E-state index contributed by atoms with van der Waals surface area (Å²) < 4.78 is 13.4. The molecule has 11 nitrogen and oxygen atoms in total. The summed E-state index contributed by atoms with van der Waals surface area (Å²) in [5.41, 5.74) is 7.77. The highest BCUT2D eigenvalue weighted by Gasteiger charge is 2.44. The number of benzene rings is 1. The number of methoxy groups -OCH3 is 1. The van der Waals surface area contributed by atoms with Crippen molar-refractivity contribution in [2.24, 2.45) is 0 Å². The number of aliphatic hydroxyl groups is 3. The van der Waals surface area contributed by atoms with Gasteiger partial charge in [-0.3, -0.25) is 4.57 Å². The first kappa shape index (κ1) is 19.3. The molecule has 2 aromatic heterocycles. The van der Waals surface area contributed by atoms with Crippen molar-refractivity contribution in [2.75, 3.05) is 19.5 Å².